The topological polar surface area (TPSA) is 105 Å². The van der Waals surface area contributed by atoms with Gasteiger partial charge in [0.15, 0.2) is 12.0 Å². The summed E-state index contributed by atoms with van der Waals surface area (Å²) in [5.41, 5.74) is 8.16. The molecule has 8 nitrogen and oxygen atoms in total. The number of unbranched alkanes of at least 4 members (excludes halogenated alkanes) is 4. The lowest BCUT2D eigenvalue weighted by molar-refractivity contribution is -0.929. The second kappa shape index (κ2) is 24.4. The molecule has 0 amide bonds. The van der Waals surface area contributed by atoms with Crippen LogP contribution in [0.3, 0.4) is 0 Å². The predicted octanol–water partition coefficient (Wildman–Crippen LogP) is 6.55. The van der Waals surface area contributed by atoms with E-state index in [1.165, 1.54) is 93.2 Å². The van der Waals surface area contributed by atoms with Crippen LogP contribution in [-0.2, 0) is 14.3 Å². The molecule has 0 aliphatic carbocycles. The minimum Gasteiger partial charge on any atom is -0.548 e. The van der Waals surface area contributed by atoms with Crippen LogP contribution in [-0.4, -0.2) is 86.9 Å². The molecule has 2 aromatic carbocycles. The van der Waals surface area contributed by atoms with Crippen LogP contribution in [0.4, 0.5) is 0 Å². The third kappa shape index (κ3) is 15.8. The lowest BCUT2D eigenvalue weighted by Crippen LogP contribution is -2.50. The van der Waals surface area contributed by atoms with E-state index in [0.717, 1.165) is 31.7 Å². The first-order valence-electron chi connectivity index (χ1n) is 19.1. The number of Topliss-reactive ketones (excluding diaryl/α,β-unsaturated/α-hetero) is 1. The summed E-state index contributed by atoms with van der Waals surface area (Å²) in [4.78, 5) is 25.0. The molecule has 8 heteroatoms. The first kappa shape index (κ1) is 42.4. The number of hydrogen-bond acceptors (Lipinski definition) is 7. The van der Waals surface area contributed by atoms with Gasteiger partial charge in [-0.3, -0.25) is 10.5 Å². The molecule has 0 bridgehead atoms. The van der Waals surface area contributed by atoms with Crippen LogP contribution in [0.25, 0.3) is 0 Å². The summed E-state index contributed by atoms with van der Waals surface area (Å²) in [6.07, 6.45) is 12.2. The molecule has 1 heterocycles. The van der Waals surface area contributed by atoms with Crippen molar-refractivity contribution in [2.75, 3.05) is 59.5 Å². The fourth-order valence-corrected chi connectivity index (χ4v) is 7.08. The van der Waals surface area contributed by atoms with E-state index in [2.05, 4.69) is 69.0 Å². The monoisotopic (exact) mass is 682 g/mol. The number of piperidine rings is 1. The molecule has 1 fully saturated rings. The SMILES string of the molecule is CCCC[N+](CCCC)(CCCC)CCCC.COc1ccc(C(c2ccccc2)C2CCCN(CCC(=O)C(N)OCC(=O)[O-])C2)cc1. The first-order valence-corrected chi connectivity index (χ1v) is 19.1. The zero-order chi connectivity index (χ0) is 35.9. The zero-order valence-electron chi connectivity index (χ0n) is 31.4. The first-order chi connectivity index (χ1) is 23.7. The van der Waals surface area contributed by atoms with Gasteiger partial charge >= 0.3 is 0 Å². The molecule has 49 heavy (non-hydrogen) atoms. The summed E-state index contributed by atoms with van der Waals surface area (Å²) < 4.78 is 11.6. The normalized spacial score (nSPS) is 16.3. The van der Waals surface area contributed by atoms with Crippen molar-refractivity contribution in [1.29, 1.82) is 0 Å². The van der Waals surface area contributed by atoms with Gasteiger partial charge in [0.05, 0.1) is 45.9 Å². The van der Waals surface area contributed by atoms with Crippen LogP contribution in [0.1, 0.15) is 115 Å². The third-order valence-corrected chi connectivity index (χ3v) is 9.96. The molecular weight excluding hydrogens is 614 g/mol. The maximum atomic E-state index is 12.2. The summed E-state index contributed by atoms with van der Waals surface area (Å²) in [7, 11) is 1.67. The third-order valence-electron chi connectivity index (χ3n) is 9.96. The molecule has 0 spiro atoms. The van der Waals surface area contributed by atoms with Crippen LogP contribution in [0, 0.1) is 5.92 Å². The average molecular weight is 682 g/mol. The largest absolute Gasteiger partial charge is 0.548 e. The highest BCUT2D eigenvalue weighted by Crippen LogP contribution is 2.37. The molecule has 3 rings (SSSR count). The van der Waals surface area contributed by atoms with E-state index >= 15 is 0 Å². The Morgan fingerprint density at radius 2 is 1.39 bits per heavy atom. The van der Waals surface area contributed by atoms with Crippen molar-refractivity contribution in [2.24, 2.45) is 11.7 Å². The smallest absolute Gasteiger partial charge is 0.177 e. The highest BCUT2D eigenvalue weighted by atomic mass is 16.5. The molecular formula is C41H67N3O5. The number of carbonyl (C=O) groups is 2. The van der Waals surface area contributed by atoms with Gasteiger partial charge in [0.25, 0.3) is 0 Å². The Balaban J connectivity index is 0.000000417. The van der Waals surface area contributed by atoms with Crippen LogP contribution >= 0.6 is 0 Å². The second-order valence-corrected chi connectivity index (χ2v) is 13.8. The summed E-state index contributed by atoms with van der Waals surface area (Å²) in [5.74, 6) is -0.214. The molecule has 0 radical (unpaired) electrons. The Morgan fingerprint density at radius 1 is 0.857 bits per heavy atom. The molecule has 0 aromatic heterocycles. The van der Waals surface area contributed by atoms with Gasteiger partial charge in [-0.1, -0.05) is 95.8 Å². The van der Waals surface area contributed by atoms with Gasteiger partial charge in [-0.15, -0.1) is 0 Å². The second-order valence-electron chi connectivity index (χ2n) is 13.8. The Kier molecular flexibility index (Phi) is 21.1. The van der Waals surface area contributed by atoms with E-state index in [-0.39, 0.29) is 18.1 Å². The summed E-state index contributed by atoms with van der Waals surface area (Å²) in [6.45, 7) is 16.7. The van der Waals surface area contributed by atoms with Crippen molar-refractivity contribution in [1.82, 2.24) is 4.90 Å². The number of likely N-dealkylation sites (tertiary alicyclic amines) is 1. The lowest BCUT2D eigenvalue weighted by atomic mass is 9.77. The van der Waals surface area contributed by atoms with Crippen LogP contribution in [0.15, 0.2) is 54.6 Å². The van der Waals surface area contributed by atoms with Crippen molar-refractivity contribution in [3.8, 4) is 5.75 Å². The number of methoxy groups -OCH3 is 1. The highest BCUT2D eigenvalue weighted by molar-refractivity contribution is 5.82. The molecule has 2 N–H and O–H groups in total. The predicted molar refractivity (Wildman–Crippen MR) is 198 cm³/mol. The molecule has 2 aromatic rings. The summed E-state index contributed by atoms with van der Waals surface area (Å²) >= 11 is 0. The number of carboxylic acids is 1. The van der Waals surface area contributed by atoms with E-state index in [1.54, 1.807) is 7.11 Å². The van der Waals surface area contributed by atoms with Crippen molar-refractivity contribution >= 4 is 11.8 Å². The van der Waals surface area contributed by atoms with Crippen LogP contribution < -0.4 is 15.6 Å². The van der Waals surface area contributed by atoms with E-state index in [4.69, 9.17) is 15.2 Å². The molecule has 1 aliphatic heterocycles. The van der Waals surface area contributed by atoms with Gasteiger partial charge in [0.1, 0.15) is 5.75 Å². The Labute approximate surface area is 297 Å². The van der Waals surface area contributed by atoms with Gasteiger partial charge in [-0.25, -0.2) is 0 Å². The Bertz CT molecular complexity index is 1120. The highest BCUT2D eigenvalue weighted by Gasteiger charge is 2.30. The lowest BCUT2D eigenvalue weighted by Gasteiger charge is -2.39. The molecule has 3 unspecified atom stereocenters. The van der Waals surface area contributed by atoms with Crippen LogP contribution in [0.2, 0.25) is 0 Å². The Morgan fingerprint density at radius 3 is 1.88 bits per heavy atom. The minimum absolute atomic E-state index is 0.222. The van der Waals surface area contributed by atoms with Gasteiger partial charge in [0.2, 0.25) is 0 Å². The van der Waals surface area contributed by atoms with Crippen molar-refractivity contribution < 1.29 is 28.7 Å². The average Bonchev–Trinajstić information content (AvgIpc) is 3.13. The van der Waals surface area contributed by atoms with E-state index < -0.39 is 18.8 Å². The number of benzene rings is 2. The summed E-state index contributed by atoms with van der Waals surface area (Å²) in [6, 6.07) is 18.8. The van der Waals surface area contributed by atoms with Gasteiger partial charge in [-0.2, -0.15) is 0 Å². The molecule has 3 atom stereocenters. The standard InChI is InChI=1S/C25H32N2O5.C16H36N/c1-31-21-11-9-19(10-12-21)24(18-6-3-2-4-7-18)20-8-5-14-27(16-20)15-13-22(28)25(26)32-17-23(29)30;1-5-9-13-17(14-10-6-2,15-11-7-3)16-12-8-4/h2-4,6-7,9-12,20,24-25H,5,8,13-17,26H2,1H3,(H,29,30);5-16H2,1-4H3/q;+1/p-1. The van der Waals surface area contributed by atoms with Crippen LogP contribution in [0.5, 0.6) is 5.75 Å². The van der Waals surface area contributed by atoms with Gasteiger partial charge < -0.3 is 28.8 Å². The molecule has 1 aliphatic rings. The molecule has 1 saturated heterocycles. The Hall–Kier alpha value is -2.78. The number of nitrogens with two attached hydrogens (primary N) is 1. The number of ether oxygens (including phenoxy) is 2. The number of hydrogen-bond donors (Lipinski definition) is 1. The number of aliphatic carboxylic acids is 1. The van der Waals surface area contributed by atoms with Crippen molar-refractivity contribution in [2.45, 2.75) is 110 Å². The number of quaternary nitrogens is 1. The summed E-state index contributed by atoms with van der Waals surface area (Å²) in [5, 5.41) is 10.5. The minimum atomic E-state index is -1.39. The van der Waals surface area contributed by atoms with Gasteiger partial charge in [-0.05, 0) is 74.2 Å². The number of carbonyl (C=O) groups excluding carboxylic acids is 2. The number of ketones is 1. The van der Waals surface area contributed by atoms with Crippen molar-refractivity contribution in [3.05, 3.63) is 65.7 Å². The fraction of sp³-hybridized carbons (Fsp3) is 0.659. The number of rotatable bonds is 23. The van der Waals surface area contributed by atoms with Gasteiger partial charge in [0, 0.05) is 25.4 Å². The quantitative estimate of drug-likeness (QED) is 0.105. The number of carboxylic acid groups (broad SMARTS) is 1. The number of nitrogens with zero attached hydrogens (tertiary/aromatic N) is 2. The van der Waals surface area contributed by atoms with E-state index in [9.17, 15) is 14.7 Å². The van der Waals surface area contributed by atoms with E-state index in [1.807, 2.05) is 18.2 Å². The fourth-order valence-electron chi connectivity index (χ4n) is 7.08. The van der Waals surface area contributed by atoms with E-state index in [0.29, 0.717) is 12.5 Å². The molecule has 276 valence electrons. The zero-order valence-corrected chi connectivity index (χ0v) is 31.4. The maximum absolute atomic E-state index is 12.2. The maximum Gasteiger partial charge on any atom is 0.177 e. The molecule has 0 saturated carbocycles. The van der Waals surface area contributed by atoms with Crippen molar-refractivity contribution in [3.63, 3.8) is 0 Å².